The van der Waals surface area contributed by atoms with Gasteiger partial charge in [-0.1, -0.05) is 6.92 Å². The highest BCUT2D eigenvalue weighted by Gasteiger charge is 2.35. The van der Waals surface area contributed by atoms with Crippen LogP contribution in [0.3, 0.4) is 0 Å². The van der Waals surface area contributed by atoms with Crippen molar-refractivity contribution >= 4 is 24.2 Å². The molecule has 2 aliphatic heterocycles. The van der Waals surface area contributed by atoms with E-state index in [1.807, 2.05) is 16.7 Å². The summed E-state index contributed by atoms with van der Waals surface area (Å²) in [5.41, 5.74) is 0. The maximum absolute atomic E-state index is 12.8. The zero-order chi connectivity index (χ0) is 15.4. The van der Waals surface area contributed by atoms with Crippen LogP contribution in [0, 0.1) is 5.92 Å². The fourth-order valence-electron chi connectivity index (χ4n) is 3.38. The summed E-state index contributed by atoms with van der Waals surface area (Å²) in [4.78, 5) is 28.8. The van der Waals surface area contributed by atoms with Crippen molar-refractivity contribution in [2.45, 2.75) is 58.5 Å². The van der Waals surface area contributed by atoms with E-state index in [1.54, 1.807) is 0 Å². The largest absolute Gasteiger partial charge is 0.342 e. The van der Waals surface area contributed by atoms with Crippen LogP contribution in [0.25, 0.3) is 0 Å². The van der Waals surface area contributed by atoms with Crippen molar-refractivity contribution in [2.24, 2.45) is 5.92 Å². The van der Waals surface area contributed by atoms with Crippen LogP contribution in [0.5, 0.6) is 0 Å². The quantitative estimate of drug-likeness (QED) is 0.855. The van der Waals surface area contributed by atoms with E-state index in [0.29, 0.717) is 19.0 Å². The van der Waals surface area contributed by atoms with Gasteiger partial charge in [-0.05, 0) is 33.1 Å². The Morgan fingerprint density at radius 1 is 1.23 bits per heavy atom. The average Bonchev–Trinajstić information content (AvgIpc) is 2.50. The maximum Gasteiger partial charge on any atom is 0.227 e. The molecule has 5 nitrogen and oxygen atoms in total. The van der Waals surface area contributed by atoms with Crippen LogP contribution in [-0.4, -0.2) is 59.9 Å². The first kappa shape index (κ1) is 19.2. The number of rotatable bonds is 3. The fraction of sp³-hybridized carbons (Fsp3) is 0.875. The highest BCUT2D eigenvalue weighted by Crippen LogP contribution is 2.22. The van der Waals surface area contributed by atoms with Gasteiger partial charge < -0.3 is 15.1 Å². The zero-order valence-electron chi connectivity index (χ0n) is 14.0. The van der Waals surface area contributed by atoms with Gasteiger partial charge in [-0.2, -0.15) is 0 Å². The molecule has 2 rings (SSSR count). The second-order valence-electron chi connectivity index (χ2n) is 6.44. The van der Waals surface area contributed by atoms with Gasteiger partial charge in [0.05, 0.1) is 5.92 Å². The summed E-state index contributed by atoms with van der Waals surface area (Å²) in [6, 6.07) is 0.567. The molecule has 0 radical (unpaired) electrons. The van der Waals surface area contributed by atoms with Gasteiger partial charge in [-0.3, -0.25) is 9.59 Å². The molecule has 3 unspecified atom stereocenters. The van der Waals surface area contributed by atoms with Gasteiger partial charge in [0.15, 0.2) is 0 Å². The number of nitrogens with one attached hydrogen (secondary N) is 1. The Balaban J connectivity index is 0.00000242. The third-order valence-electron chi connectivity index (χ3n) is 4.90. The normalized spacial score (nSPS) is 29.0. The number of hydrogen-bond donors (Lipinski definition) is 1. The fourth-order valence-corrected chi connectivity index (χ4v) is 3.38. The van der Waals surface area contributed by atoms with Crippen molar-refractivity contribution < 1.29 is 9.59 Å². The third kappa shape index (κ3) is 4.35. The lowest BCUT2D eigenvalue weighted by atomic mass is 9.94. The van der Waals surface area contributed by atoms with E-state index in [1.165, 1.54) is 0 Å². The van der Waals surface area contributed by atoms with Crippen LogP contribution in [0.2, 0.25) is 0 Å². The van der Waals surface area contributed by atoms with Gasteiger partial charge in [0.2, 0.25) is 11.8 Å². The van der Waals surface area contributed by atoms with E-state index >= 15 is 0 Å². The Morgan fingerprint density at radius 3 is 2.64 bits per heavy atom. The topological polar surface area (TPSA) is 52.7 Å². The summed E-state index contributed by atoms with van der Waals surface area (Å²) in [5, 5.41) is 3.40. The Bertz CT molecular complexity index is 392. The zero-order valence-corrected chi connectivity index (χ0v) is 14.8. The second kappa shape index (κ2) is 8.73. The second-order valence-corrected chi connectivity index (χ2v) is 6.44. The Kier molecular flexibility index (Phi) is 7.63. The van der Waals surface area contributed by atoms with Crippen molar-refractivity contribution in [3.8, 4) is 0 Å². The number of likely N-dealkylation sites (tertiary alicyclic amines) is 1. The first-order valence-corrected chi connectivity index (χ1v) is 8.36. The monoisotopic (exact) mass is 331 g/mol. The highest BCUT2D eigenvalue weighted by atomic mass is 35.5. The molecule has 0 aromatic rings. The van der Waals surface area contributed by atoms with Crippen LogP contribution in [0.4, 0.5) is 0 Å². The molecule has 3 atom stereocenters. The smallest absolute Gasteiger partial charge is 0.227 e. The summed E-state index contributed by atoms with van der Waals surface area (Å²) >= 11 is 0. The van der Waals surface area contributed by atoms with Gasteiger partial charge in [0.1, 0.15) is 0 Å². The Labute approximate surface area is 140 Å². The molecule has 2 fully saturated rings. The average molecular weight is 332 g/mol. The minimum atomic E-state index is -0.00712. The van der Waals surface area contributed by atoms with Gasteiger partial charge in [0, 0.05) is 44.7 Å². The van der Waals surface area contributed by atoms with E-state index in [2.05, 4.69) is 19.2 Å². The molecule has 2 saturated heterocycles. The standard InChI is InChI=1S/C16H29N3O2.ClH/c1-4-6-15(20)18-9-5-7-14(11-18)16(21)19-10-8-17-12(2)13(19)3;/h12-14,17H,4-11H2,1-3H3;1H. The van der Waals surface area contributed by atoms with Crippen LogP contribution in [-0.2, 0) is 9.59 Å². The SMILES string of the molecule is CCCC(=O)N1CCCC(C(=O)N2CCNC(C)C2C)C1.Cl. The van der Waals surface area contributed by atoms with E-state index in [9.17, 15) is 9.59 Å². The first-order chi connectivity index (χ1) is 10.0. The minimum absolute atomic E-state index is 0. The van der Waals surface area contributed by atoms with Crippen LogP contribution < -0.4 is 5.32 Å². The van der Waals surface area contributed by atoms with E-state index in [0.717, 1.165) is 38.9 Å². The van der Waals surface area contributed by atoms with Crippen molar-refractivity contribution in [1.29, 1.82) is 0 Å². The molecule has 0 spiro atoms. The molecule has 0 saturated carbocycles. The van der Waals surface area contributed by atoms with Gasteiger partial charge in [-0.25, -0.2) is 0 Å². The summed E-state index contributed by atoms with van der Waals surface area (Å²) in [5.74, 6) is 0.439. The lowest BCUT2D eigenvalue weighted by Gasteiger charge is -2.42. The lowest BCUT2D eigenvalue weighted by molar-refractivity contribution is -0.143. The van der Waals surface area contributed by atoms with E-state index < -0.39 is 0 Å². The van der Waals surface area contributed by atoms with Gasteiger partial charge in [-0.15, -0.1) is 12.4 Å². The van der Waals surface area contributed by atoms with E-state index in [-0.39, 0.29) is 36.2 Å². The van der Waals surface area contributed by atoms with Gasteiger partial charge in [0.25, 0.3) is 0 Å². The number of carbonyl (C=O) groups is 2. The van der Waals surface area contributed by atoms with Gasteiger partial charge >= 0.3 is 0 Å². The number of halogens is 1. The van der Waals surface area contributed by atoms with Crippen LogP contribution in [0.1, 0.15) is 46.5 Å². The summed E-state index contributed by atoms with van der Waals surface area (Å²) in [6.07, 6.45) is 3.34. The predicted molar refractivity (Wildman–Crippen MR) is 90.1 cm³/mol. The van der Waals surface area contributed by atoms with Crippen LogP contribution >= 0.6 is 12.4 Å². The number of amides is 2. The molecule has 0 aromatic carbocycles. The molecule has 0 bridgehead atoms. The Morgan fingerprint density at radius 2 is 1.95 bits per heavy atom. The minimum Gasteiger partial charge on any atom is -0.342 e. The first-order valence-electron chi connectivity index (χ1n) is 8.36. The summed E-state index contributed by atoms with van der Waals surface area (Å²) in [6.45, 7) is 9.33. The number of piperidine rings is 1. The Hall–Kier alpha value is -0.810. The molecule has 22 heavy (non-hydrogen) atoms. The molecular formula is C16H30ClN3O2. The highest BCUT2D eigenvalue weighted by molar-refractivity contribution is 5.85. The van der Waals surface area contributed by atoms with Crippen molar-refractivity contribution in [1.82, 2.24) is 15.1 Å². The van der Waals surface area contributed by atoms with Crippen molar-refractivity contribution in [2.75, 3.05) is 26.2 Å². The number of carbonyl (C=O) groups excluding carboxylic acids is 2. The molecule has 2 aliphatic rings. The molecule has 0 aromatic heterocycles. The molecule has 6 heteroatoms. The molecule has 2 amide bonds. The molecule has 2 heterocycles. The summed E-state index contributed by atoms with van der Waals surface area (Å²) < 4.78 is 0. The molecule has 128 valence electrons. The lowest BCUT2D eigenvalue weighted by Crippen LogP contribution is -2.59. The van der Waals surface area contributed by atoms with Crippen LogP contribution in [0.15, 0.2) is 0 Å². The molecule has 0 aliphatic carbocycles. The molecule has 1 N–H and O–H groups in total. The summed E-state index contributed by atoms with van der Waals surface area (Å²) in [7, 11) is 0. The maximum atomic E-state index is 12.8. The third-order valence-corrected chi connectivity index (χ3v) is 4.90. The number of nitrogens with zero attached hydrogens (tertiary/aromatic N) is 2. The van der Waals surface area contributed by atoms with Crippen molar-refractivity contribution in [3.63, 3.8) is 0 Å². The molecular weight excluding hydrogens is 302 g/mol. The van der Waals surface area contributed by atoms with E-state index in [4.69, 9.17) is 0 Å². The number of piperazine rings is 1. The van der Waals surface area contributed by atoms with Crippen molar-refractivity contribution in [3.05, 3.63) is 0 Å². The number of hydrogen-bond acceptors (Lipinski definition) is 3. The predicted octanol–water partition coefficient (Wildman–Crippen LogP) is 1.66.